The average molecular weight is 518 g/mol. The molecule has 1 aliphatic rings. The van der Waals surface area contributed by atoms with E-state index in [4.69, 9.17) is 6.58 Å². The van der Waals surface area contributed by atoms with Gasteiger partial charge < -0.3 is 0 Å². The summed E-state index contributed by atoms with van der Waals surface area (Å²) < 4.78 is 2.76. The third-order valence-electron chi connectivity index (χ3n) is 6.77. The molecule has 1 nitrogen and oxygen atoms in total. The van der Waals surface area contributed by atoms with Crippen LogP contribution in [0, 0.1) is 0 Å². The Kier molecular flexibility index (Phi) is 8.28. The Labute approximate surface area is 224 Å². The second-order valence-electron chi connectivity index (χ2n) is 9.01. The Morgan fingerprint density at radius 3 is 2.05 bits per heavy atom. The molecule has 0 N–H and O–H groups in total. The van der Waals surface area contributed by atoms with Crippen LogP contribution in [0.2, 0.25) is 0 Å². The van der Waals surface area contributed by atoms with Gasteiger partial charge in [-0.1, -0.05) is 141 Å². The minimum Gasteiger partial charge on any atom is -0.245 e. The van der Waals surface area contributed by atoms with Gasteiger partial charge in [0.15, 0.2) is 0 Å². The SMILES string of the molecule is C=Cc1ccccc1C(=C)P(C1=CCCc2ccccc21)N(CC)P(c1ccccc1)c1ccccc1. The van der Waals surface area contributed by atoms with Crippen LogP contribution in [0.3, 0.4) is 0 Å². The number of aryl methyl sites for hydroxylation is 1. The zero-order chi connectivity index (χ0) is 25.6. The van der Waals surface area contributed by atoms with Crippen LogP contribution < -0.4 is 10.6 Å². The highest BCUT2D eigenvalue weighted by molar-refractivity contribution is 7.87. The van der Waals surface area contributed by atoms with E-state index in [2.05, 4.69) is 133 Å². The molecule has 1 atom stereocenters. The van der Waals surface area contributed by atoms with Gasteiger partial charge in [0.25, 0.3) is 0 Å². The molecule has 4 aromatic rings. The van der Waals surface area contributed by atoms with E-state index < -0.39 is 16.1 Å². The molecule has 0 bridgehead atoms. The number of allylic oxidation sites excluding steroid dienone is 1. The highest BCUT2D eigenvalue weighted by Gasteiger charge is 2.34. The molecule has 37 heavy (non-hydrogen) atoms. The Bertz CT molecular complexity index is 1370. The zero-order valence-corrected chi connectivity index (χ0v) is 23.2. The van der Waals surface area contributed by atoms with Crippen LogP contribution in [-0.4, -0.2) is 11.0 Å². The van der Waals surface area contributed by atoms with Crippen LogP contribution in [0.1, 0.15) is 35.6 Å². The largest absolute Gasteiger partial charge is 0.245 e. The van der Waals surface area contributed by atoms with Gasteiger partial charge in [0, 0.05) is 22.7 Å². The fourth-order valence-electron chi connectivity index (χ4n) is 5.05. The molecular formula is C34H33NP2. The first kappa shape index (κ1) is 25.6. The van der Waals surface area contributed by atoms with E-state index in [-0.39, 0.29) is 0 Å². The molecule has 1 unspecified atom stereocenters. The summed E-state index contributed by atoms with van der Waals surface area (Å²) in [5, 5.41) is 5.36. The third-order valence-corrected chi connectivity index (χ3v) is 12.5. The highest BCUT2D eigenvalue weighted by Crippen LogP contribution is 2.69. The topological polar surface area (TPSA) is 3.24 Å². The number of hydrogen-bond acceptors (Lipinski definition) is 1. The number of benzene rings is 4. The lowest BCUT2D eigenvalue weighted by Crippen LogP contribution is -2.26. The first-order chi connectivity index (χ1) is 18.2. The fraction of sp³-hybridized carbons (Fsp3) is 0.118. The first-order valence-electron chi connectivity index (χ1n) is 12.9. The lowest BCUT2D eigenvalue weighted by molar-refractivity contribution is 0.764. The maximum absolute atomic E-state index is 4.83. The van der Waals surface area contributed by atoms with E-state index in [1.54, 1.807) is 0 Å². The number of rotatable bonds is 9. The minimum atomic E-state index is -0.894. The average Bonchev–Trinajstić information content (AvgIpc) is 2.97. The van der Waals surface area contributed by atoms with Gasteiger partial charge >= 0.3 is 0 Å². The van der Waals surface area contributed by atoms with Gasteiger partial charge in [-0.05, 0) is 56.3 Å². The van der Waals surface area contributed by atoms with E-state index in [1.165, 1.54) is 37.9 Å². The Morgan fingerprint density at radius 2 is 1.41 bits per heavy atom. The zero-order valence-electron chi connectivity index (χ0n) is 21.4. The number of nitrogens with zero attached hydrogens (tertiary/aromatic N) is 1. The van der Waals surface area contributed by atoms with Crippen molar-refractivity contribution in [1.29, 1.82) is 0 Å². The van der Waals surface area contributed by atoms with Gasteiger partial charge in [-0.15, -0.1) is 0 Å². The second kappa shape index (κ2) is 12.0. The molecule has 0 aromatic heterocycles. The lowest BCUT2D eigenvalue weighted by atomic mass is 9.97. The standard InChI is InChI=1S/C34H33NP2/c1-4-28-17-12-14-24-32(28)27(3)36(34-26-16-19-29-18-13-15-25-33(29)34)35(5-2)37(30-20-8-6-9-21-30)31-22-10-7-11-23-31/h4,6-15,17-18,20-26H,1,3,5,16,19H2,2H3. The van der Waals surface area contributed by atoms with Gasteiger partial charge in [0.1, 0.15) is 0 Å². The van der Waals surface area contributed by atoms with E-state index in [9.17, 15) is 0 Å². The number of fused-ring (bicyclic) bond motifs is 1. The van der Waals surface area contributed by atoms with E-state index in [0.29, 0.717) is 0 Å². The minimum absolute atomic E-state index is 0.770. The summed E-state index contributed by atoms with van der Waals surface area (Å²) >= 11 is 0. The summed E-state index contributed by atoms with van der Waals surface area (Å²) in [6.07, 6.45) is 6.61. The lowest BCUT2D eigenvalue weighted by Gasteiger charge is -2.41. The van der Waals surface area contributed by atoms with Crippen LogP contribution >= 0.6 is 16.1 Å². The molecule has 1 aliphatic carbocycles. The van der Waals surface area contributed by atoms with Crippen LogP contribution in [0.15, 0.2) is 128 Å². The summed E-state index contributed by atoms with van der Waals surface area (Å²) in [5.41, 5.74) is 5.16. The maximum atomic E-state index is 4.83. The molecule has 0 aliphatic heterocycles. The van der Waals surface area contributed by atoms with Crippen LogP contribution in [0.25, 0.3) is 16.7 Å². The van der Waals surface area contributed by atoms with Crippen molar-refractivity contribution >= 4 is 43.5 Å². The van der Waals surface area contributed by atoms with Gasteiger partial charge in [0.05, 0.1) is 0 Å². The molecule has 4 aromatic carbocycles. The molecule has 0 amide bonds. The molecule has 0 heterocycles. The molecule has 0 saturated carbocycles. The van der Waals surface area contributed by atoms with Crippen LogP contribution in [0.5, 0.6) is 0 Å². The van der Waals surface area contributed by atoms with Gasteiger partial charge in [-0.3, -0.25) is 0 Å². The molecule has 184 valence electrons. The molecule has 5 rings (SSSR count). The predicted molar refractivity (Wildman–Crippen MR) is 167 cm³/mol. The van der Waals surface area contributed by atoms with Crippen LogP contribution in [-0.2, 0) is 6.42 Å². The van der Waals surface area contributed by atoms with Gasteiger partial charge in [0.2, 0.25) is 0 Å². The normalized spacial score (nSPS) is 13.6. The van der Waals surface area contributed by atoms with Crippen molar-refractivity contribution in [1.82, 2.24) is 4.44 Å². The first-order valence-corrected chi connectivity index (χ1v) is 15.5. The van der Waals surface area contributed by atoms with Crippen molar-refractivity contribution in [3.8, 4) is 0 Å². The van der Waals surface area contributed by atoms with Crippen LogP contribution in [0.4, 0.5) is 0 Å². The van der Waals surface area contributed by atoms with Crippen molar-refractivity contribution < 1.29 is 0 Å². The molecular weight excluding hydrogens is 484 g/mol. The third kappa shape index (κ3) is 5.32. The summed E-state index contributed by atoms with van der Waals surface area (Å²) in [5.74, 6) is 0. The monoisotopic (exact) mass is 517 g/mol. The fourth-order valence-corrected chi connectivity index (χ4v) is 11.3. The summed E-state index contributed by atoms with van der Waals surface area (Å²) in [4.78, 5) is 0. The van der Waals surface area contributed by atoms with E-state index in [0.717, 1.165) is 24.9 Å². The Morgan fingerprint density at radius 1 is 0.811 bits per heavy atom. The van der Waals surface area contributed by atoms with Crippen molar-refractivity contribution in [3.05, 3.63) is 151 Å². The molecule has 0 saturated heterocycles. The Balaban J connectivity index is 1.73. The molecule has 0 spiro atoms. The number of hydrogen-bond donors (Lipinski definition) is 0. The van der Waals surface area contributed by atoms with Gasteiger partial charge in [-0.2, -0.15) is 0 Å². The van der Waals surface area contributed by atoms with E-state index >= 15 is 0 Å². The van der Waals surface area contributed by atoms with Crippen molar-refractivity contribution in [2.45, 2.75) is 19.8 Å². The summed E-state index contributed by atoms with van der Waals surface area (Å²) in [6.45, 7) is 12.2. The summed E-state index contributed by atoms with van der Waals surface area (Å²) in [6, 6.07) is 39.6. The van der Waals surface area contributed by atoms with Crippen molar-refractivity contribution in [2.75, 3.05) is 6.54 Å². The molecule has 0 radical (unpaired) electrons. The highest BCUT2D eigenvalue weighted by atomic mass is 31.2. The smallest absolute Gasteiger partial charge is 0.0326 e. The van der Waals surface area contributed by atoms with E-state index in [1.807, 2.05) is 6.08 Å². The predicted octanol–water partition coefficient (Wildman–Crippen LogP) is 9.05. The van der Waals surface area contributed by atoms with Crippen molar-refractivity contribution in [3.63, 3.8) is 0 Å². The Hall–Kier alpha value is -3.08. The maximum Gasteiger partial charge on any atom is 0.0326 e. The molecule has 3 heteroatoms. The van der Waals surface area contributed by atoms with Crippen molar-refractivity contribution in [2.24, 2.45) is 0 Å². The second-order valence-corrected chi connectivity index (χ2v) is 13.6. The molecule has 0 fully saturated rings. The summed E-state index contributed by atoms with van der Waals surface area (Å²) in [7, 11) is -1.66. The quantitative estimate of drug-likeness (QED) is 0.200. The van der Waals surface area contributed by atoms with Gasteiger partial charge in [-0.25, -0.2) is 4.44 Å².